The zero-order valence-electron chi connectivity index (χ0n) is 17.6. The van der Waals surface area contributed by atoms with Gasteiger partial charge in [0.1, 0.15) is 0 Å². The number of hydrogen-bond donors (Lipinski definition) is 0. The molecule has 0 aromatic rings. The van der Waals surface area contributed by atoms with E-state index >= 15 is 0 Å². The highest BCUT2D eigenvalue weighted by molar-refractivity contribution is 5.92. The molecule has 4 nitrogen and oxygen atoms in total. The van der Waals surface area contributed by atoms with E-state index in [9.17, 15) is 14.4 Å². The number of allylic oxidation sites excluding steroid dienone is 4. The smallest absolute Gasteiger partial charge is 0.306 e. The van der Waals surface area contributed by atoms with E-state index in [1.54, 1.807) is 13.8 Å². The molecule has 0 spiro atoms. The minimum atomic E-state index is -0.990. The second-order valence-corrected chi connectivity index (χ2v) is 9.77. The van der Waals surface area contributed by atoms with Crippen molar-refractivity contribution in [3.8, 4) is 0 Å². The molecule has 0 aromatic carbocycles. The van der Waals surface area contributed by atoms with Crippen molar-refractivity contribution in [2.45, 2.75) is 84.7 Å². The van der Waals surface area contributed by atoms with E-state index in [1.165, 1.54) is 11.1 Å². The molecule has 152 valence electrons. The average molecular weight is 385 g/mol. The van der Waals surface area contributed by atoms with Crippen molar-refractivity contribution < 1.29 is 19.1 Å². The molecule has 0 amide bonds. The van der Waals surface area contributed by atoms with Crippen molar-refractivity contribution >= 4 is 17.5 Å². The summed E-state index contributed by atoms with van der Waals surface area (Å²) < 4.78 is 5.94. The van der Waals surface area contributed by atoms with Gasteiger partial charge in [0.2, 0.25) is 0 Å². The van der Waals surface area contributed by atoms with Gasteiger partial charge in [0.25, 0.3) is 0 Å². The summed E-state index contributed by atoms with van der Waals surface area (Å²) in [6.07, 6.45) is 10.3. The summed E-state index contributed by atoms with van der Waals surface area (Å²) in [5.74, 6) is 0.677. The standard InChI is InChI=1S/C24H32O4/c1-5-21(27)28-24(15(2)25)13-10-20-18-7-6-16-14-17(26)8-11-22(16,3)19(18)9-12-23(20,24)4/h7,14,19-20H,5-6,8-13H2,1-4H3/t19-,20-,22-,23-,24-/m0/s1. The molecule has 4 aliphatic carbocycles. The second kappa shape index (κ2) is 6.40. The lowest BCUT2D eigenvalue weighted by Crippen LogP contribution is -2.56. The first-order valence-electron chi connectivity index (χ1n) is 10.8. The van der Waals surface area contributed by atoms with E-state index in [4.69, 9.17) is 4.74 Å². The van der Waals surface area contributed by atoms with E-state index in [1.807, 2.05) is 6.08 Å². The van der Waals surface area contributed by atoms with Gasteiger partial charge >= 0.3 is 5.97 Å². The van der Waals surface area contributed by atoms with Crippen LogP contribution in [0, 0.1) is 22.7 Å². The molecule has 2 saturated carbocycles. The number of rotatable bonds is 3. The molecule has 0 aliphatic heterocycles. The van der Waals surface area contributed by atoms with Crippen LogP contribution in [-0.2, 0) is 19.1 Å². The molecule has 2 fully saturated rings. The predicted octanol–water partition coefficient (Wildman–Crippen LogP) is 4.72. The van der Waals surface area contributed by atoms with Crippen molar-refractivity contribution in [3.05, 3.63) is 23.3 Å². The normalized spacial score (nSPS) is 41.9. The molecule has 4 aliphatic rings. The van der Waals surface area contributed by atoms with Crippen molar-refractivity contribution in [1.82, 2.24) is 0 Å². The minimum Gasteiger partial charge on any atom is -0.450 e. The highest BCUT2D eigenvalue weighted by atomic mass is 16.6. The molecule has 0 radical (unpaired) electrons. The van der Waals surface area contributed by atoms with Crippen LogP contribution in [0.4, 0.5) is 0 Å². The van der Waals surface area contributed by atoms with Gasteiger partial charge in [-0.15, -0.1) is 0 Å². The van der Waals surface area contributed by atoms with Crippen LogP contribution in [0.1, 0.15) is 79.1 Å². The van der Waals surface area contributed by atoms with Crippen LogP contribution in [0.2, 0.25) is 0 Å². The van der Waals surface area contributed by atoms with E-state index < -0.39 is 5.60 Å². The fourth-order valence-electron chi connectivity index (χ4n) is 6.95. The fourth-order valence-corrected chi connectivity index (χ4v) is 6.95. The molecular weight excluding hydrogens is 352 g/mol. The summed E-state index contributed by atoms with van der Waals surface area (Å²) in [7, 11) is 0. The number of esters is 1. The number of Topliss-reactive ketones (excluding diaryl/α,β-unsaturated/α-hetero) is 1. The maximum absolute atomic E-state index is 12.8. The van der Waals surface area contributed by atoms with Gasteiger partial charge in [0.05, 0.1) is 0 Å². The maximum atomic E-state index is 12.8. The largest absolute Gasteiger partial charge is 0.450 e. The van der Waals surface area contributed by atoms with Crippen LogP contribution < -0.4 is 0 Å². The SMILES string of the molecule is CCC(=O)O[C@]1(C(C)=O)CC[C@H]2C3=CCC4=CC(=O)CC[C@]4(C)[C@H]3CC[C@@]21C. The van der Waals surface area contributed by atoms with Gasteiger partial charge in [0, 0.05) is 18.3 Å². The molecule has 0 saturated heterocycles. The Morgan fingerprint density at radius 3 is 2.54 bits per heavy atom. The third-order valence-corrected chi connectivity index (χ3v) is 8.67. The zero-order valence-corrected chi connectivity index (χ0v) is 17.6. The van der Waals surface area contributed by atoms with Crippen LogP contribution in [0.5, 0.6) is 0 Å². The first-order chi connectivity index (χ1) is 13.2. The summed E-state index contributed by atoms with van der Waals surface area (Å²) >= 11 is 0. The molecule has 0 N–H and O–H groups in total. The Balaban J connectivity index is 1.74. The molecule has 0 heterocycles. The molecule has 4 rings (SSSR count). The van der Waals surface area contributed by atoms with E-state index in [0.29, 0.717) is 25.2 Å². The zero-order chi connectivity index (χ0) is 20.3. The van der Waals surface area contributed by atoms with Crippen molar-refractivity contribution in [2.24, 2.45) is 22.7 Å². The van der Waals surface area contributed by atoms with Crippen LogP contribution >= 0.6 is 0 Å². The van der Waals surface area contributed by atoms with Crippen molar-refractivity contribution in [2.75, 3.05) is 0 Å². The van der Waals surface area contributed by atoms with Gasteiger partial charge in [-0.25, -0.2) is 0 Å². The Hall–Kier alpha value is -1.71. The Labute approximate surface area is 167 Å². The summed E-state index contributed by atoms with van der Waals surface area (Å²) in [6, 6.07) is 0. The Morgan fingerprint density at radius 2 is 1.86 bits per heavy atom. The third-order valence-electron chi connectivity index (χ3n) is 8.67. The lowest BCUT2D eigenvalue weighted by atomic mass is 9.49. The minimum absolute atomic E-state index is 0.00998. The molecule has 0 bridgehead atoms. The first kappa shape index (κ1) is 19.6. The van der Waals surface area contributed by atoms with Gasteiger partial charge in [0.15, 0.2) is 17.2 Å². The van der Waals surface area contributed by atoms with Crippen LogP contribution in [0.3, 0.4) is 0 Å². The highest BCUT2D eigenvalue weighted by Gasteiger charge is 2.66. The highest BCUT2D eigenvalue weighted by Crippen LogP contribution is 2.67. The Bertz CT molecular complexity index is 805. The quantitative estimate of drug-likeness (QED) is 0.522. The lowest BCUT2D eigenvalue weighted by molar-refractivity contribution is -0.182. The molecule has 5 atom stereocenters. The number of fused-ring (bicyclic) bond motifs is 5. The average Bonchev–Trinajstić information content (AvgIpc) is 2.95. The number of carbonyl (C=O) groups is 3. The van der Waals surface area contributed by atoms with Crippen molar-refractivity contribution in [3.63, 3.8) is 0 Å². The van der Waals surface area contributed by atoms with Crippen LogP contribution in [0.25, 0.3) is 0 Å². The van der Waals surface area contributed by atoms with Crippen LogP contribution in [-0.4, -0.2) is 23.1 Å². The van der Waals surface area contributed by atoms with E-state index in [2.05, 4.69) is 19.9 Å². The van der Waals surface area contributed by atoms with E-state index in [-0.39, 0.29) is 34.3 Å². The number of ketones is 2. The predicted molar refractivity (Wildman–Crippen MR) is 106 cm³/mol. The lowest BCUT2D eigenvalue weighted by Gasteiger charge is -2.55. The maximum Gasteiger partial charge on any atom is 0.306 e. The molecule has 28 heavy (non-hydrogen) atoms. The summed E-state index contributed by atoms with van der Waals surface area (Å²) in [5, 5.41) is 0. The van der Waals surface area contributed by atoms with Gasteiger partial charge in [-0.3, -0.25) is 14.4 Å². The Morgan fingerprint density at radius 1 is 1.14 bits per heavy atom. The molecular formula is C24H32O4. The Kier molecular flexibility index (Phi) is 4.48. The summed E-state index contributed by atoms with van der Waals surface area (Å²) in [5.41, 5.74) is 1.47. The molecule has 0 aromatic heterocycles. The van der Waals surface area contributed by atoms with Gasteiger partial charge < -0.3 is 4.74 Å². The third kappa shape index (κ3) is 2.45. The fraction of sp³-hybridized carbons (Fsp3) is 0.708. The summed E-state index contributed by atoms with van der Waals surface area (Å²) in [6.45, 7) is 7.87. The second-order valence-electron chi connectivity index (χ2n) is 9.77. The monoisotopic (exact) mass is 384 g/mol. The summed E-state index contributed by atoms with van der Waals surface area (Å²) in [4.78, 5) is 37.0. The molecule has 0 unspecified atom stereocenters. The van der Waals surface area contributed by atoms with Gasteiger partial charge in [-0.2, -0.15) is 0 Å². The first-order valence-corrected chi connectivity index (χ1v) is 10.8. The van der Waals surface area contributed by atoms with Crippen LogP contribution in [0.15, 0.2) is 23.3 Å². The topological polar surface area (TPSA) is 60.4 Å². The van der Waals surface area contributed by atoms with Crippen molar-refractivity contribution in [1.29, 1.82) is 0 Å². The van der Waals surface area contributed by atoms with Gasteiger partial charge in [-0.05, 0) is 68.8 Å². The number of carbonyl (C=O) groups excluding carboxylic acids is 3. The van der Waals surface area contributed by atoms with Gasteiger partial charge in [-0.1, -0.05) is 38.0 Å². The molecule has 4 heteroatoms. The number of hydrogen-bond acceptors (Lipinski definition) is 4. The van der Waals surface area contributed by atoms with E-state index in [0.717, 1.165) is 32.1 Å². The number of ether oxygens (including phenoxy) is 1.